The number of fused-ring (bicyclic) bond motifs is 4. The summed E-state index contributed by atoms with van der Waals surface area (Å²) in [5.41, 5.74) is 17.6. The maximum Gasteiger partial charge on any atom is 0.0562 e. The first kappa shape index (κ1) is 36.2. The molecule has 0 fully saturated rings. The summed E-state index contributed by atoms with van der Waals surface area (Å²) < 4.78 is 2.50. The molecule has 0 radical (unpaired) electrons. The van der Waals surface area contributed by atoms with Gasteiger partial charge in [0.15, 0.2) is 0 Å². The molecule has 0 unspecified atom stereocenters. The van der Waals surface area contributed by atoms with Gasteiger partial charge < -0.3 is 9.47 Å². The standard InChI is InChI=1S/C59H42N2/c1-41-29-31-47(32-30-41)51-23-13-26-55(58(51)52-24-12-20-46-19-8-9-21-50(46)52)61-54-25-11-10-22-53(54)59-56(27-14-28-57(59)61)60(48-37-33-44(34-38-48)42-15-4-2-5-16-42)49-39-35-45(36-40-49)43-17-6-3-7-18-43/h2-40H,1H3. The molecule has 2 heteroatoms. The highest BCUT2D eigenvalue weighted by Crippen LogP contribution is 2.47. The van der Waals surface area contributed by atoms with Crippen LogP contribution in [0.25, 0.3) is 82.8 Å². The van der Waals surface area contributed by atoms with Crippen molar-refractivity contribution in [1.82, 2.24) is 4.57 Å². The van der Waals surface area contributed by atoms with Crippen LogP contribution < -0.4 is 4.90 Å². The quantitative estimate of drug-likeness (QED) is 0.149. The number of anilines is 3. The van der Waals surface area contributed by atoms with Gasteiger partial charge >= 0.3 is 0 Å². The first-order chi connectivity index (χ1) is 30.2. The van der Waals surface area contributed by atoms with E-state index in [-0.39, 0.29) is 0 Å². The van der Waals surface area contributed by atoms with E-state index in [2.05, 4.69) is 253 Å². The van der Waals surface area contributed by atoms with Crippen LogP contribution in [0, 0.1) is 6.92 Å². The molecular formula is C59H42N2. The van der Waals surface area contributed by atoms with Gasteiger partial charge in [-0.05, 0) is 105 Å². The summed E-state index contributed by atoms with van der Waals surface area (Å²) in [6, 6.07) is 86.1. The van der Waals surface area contributed by atoms with E-state index in [4.69, 9.17) is 0 Å². The van der Waals surface area contributed by atoms with Crippen LogP contribution in [0.2, 0.25) is 0 Å². The number of aryl methyl sites for hydroxylation is 1. The molecule has 10 aromatic carbocycles. The Hall–Kier alpha value is -7.94. The maximum absolute atomic E-state index is 2.50. The number of aromatic nitrogens is 1. The van der Waals surface area contributed by atoms with Crippen LogP contribution in [0.4, 0.5) is 17.1 Å². The van der Waals surface area contributed by atoms with Gasteiger partial charge in [0.25, 0.3) is 0 Å². The van der Waals surface area contributed by atoms with Gasteiger partial charge in [-0.2, -0.15) is 0 Å². The summed E-state index contributed by atoms with van der Waals surface area (Å²) in [5, 5.41) is 4.85. The topological polar surface area (TPSA) is 8.17 Å². The minimum absolute atomic E-state index is 1.09. The predicted octanol–water partition coefficient (Wildman–Crippen LogP) is 16.4. The Morgan fingerprint density at radius 3 is 1.51 bits per heavy atom. The van der Waals surface area contributed by atoms with Crippen molar-refractivity contribution in [2.24, 2.45) is 0 Å². The van der Waals surface area contributed by atoms with Crippen molar-refractivity contribution in [3.8, 4) is 50.2 Å². The molecule has 61 heavy (non-hydrogen) atoms. The molecule has 0 amide bonds. The smallest absolute Gasteiger partial charge is 0.0562 e. The summed E-state index contributed by atoms with van der Waals surface area (Å²) in [6.45, 7) is 2.15. The third-order valence-corrected chi connectivity index (χ3v) is 12.1. The Balaban J connectivity index is 1.17. The lowest BCUT2D eigenvalue weighted by Crippen LogP contribution is -2.10. The zero-order valence-corrected chi connectivity index (χ0v) is 33.9. The molecule has 288 valence electrons. The van der Waals surface area contributed by atoms with Gasteiger partial charge in [0.05, 0.1) is 22.4 Å². The molecule has 0 saturated heterocycles. The Morgan fingerprint density at radius 1 is 0.344 bits per heavy atom. The normalized spacial score (nSPS) is 11.4. The highest BCUT2D eigenvalue weighted by atomic mass is 15.1. The highest BCUT2D eigenvalue weighted by Gasteiger charge is 2.24. The van der Waals surface area contributed by atoms with Crippen LogP contribution >= 0.6 is 0 Å². The molecule has 2 nitrogen and oxygen atoms in total. The van der Waals surface area contributed by atoms with E-state index in [1.54, 1.807) is 0 Å². The number of benzene rings is 10. The molecule has 0 spiro atoms. The number of nitrogens with zero attached hydrogens (tertiary/aromatic N) is 2. The van der Waals surface area contributed by atoms with E-state index in [1.807, 2.05) is 0 Å². The molecule has 1 aromatic heterocycles. The average molecular weight is 779 g/mol. The number of rotatable bonds is 8. The molecular weight excluding hydrogens is 737 g/mol. The Bertz CT molecular complexity index is 3240. The van der Waals surface area contributed by atoms with Crippen molar-refractivity contribution >= 4 is 49.6 Å². The van der Waals surface area contributed by atoms with E-state index in [1.165, 1.54) is 71.6 Å². The monoisotopic (exact) mass is 778 g/mol. The summed E-state index contributed by atoms with van der Waals surface area (Å²) in [5.74, 6) is 0. The highest BCUT2D eigenvalue weighted by molar-refractivity contribution is 6.17. The summed E-state index contributed by atoms with van der Waals surface area (Å²) in [6.07, 6.45) is 0. The average Bonchev–Trinajstić information content (AvgIpc) is 3.67. The second kappa shape index (κ2) is 15.3. The fourth-order valence-corrected chi connectivity index (χ4v) is 9.17. The minimum Gasteiger partial charge on any atom is -0.310 e. The molecule has 0 aliphatic rings. The van der Waals surface area contributed by atoms with Crippen LogP contribution in [-0.4, -0.2) is 4.57 Å². The van der Waals surface area contributed by atoms with Crippen molar-refractivity contribution in [2.75, 3.05) is 4.90 Å². The zero-order chi connectivity index (χ0) is 40.7. The van der Waals surface area contributed by atoms with E-state index in [9.17, 15) is 0 Å². The van der Waals surface area contributed by atoms with Gasteiger partial charge in [-0.25, -0.2) is 0 Å². The van der Waals surface area contributed by atoms with E-state index in [0.717, 1.165) is 33.8 Å². The Labute approximate surface area is 356 Å². The lowest BCUT2D eigenvalue weighted by atomic mass is 9.89. The van der Waals surface area contributed by atoms with E-state index >= 15 is 0 Å². The van der Waals surface area contributed by atoms with Crippen molar-refractivity contribution < 1.29 is 0 Å². The second-order valence-corrected chi connectivity index (χ2v) is 15.8. The first-order valence-electron chi connectivity index (χ1n) is 21.0. The molecule has 1 heterocycles. The molecule has 0 aliphatic heterocycles. The summed E-state index contributed by atoms with van der Waals surface area (Å²) in [4.78, 5) is 2.43. The number of hydrogen-bond acceptors (Lipinski definition) is 1. The fraction of sp³-hybridized carbons (Fsp3) is 0.0169. The molecule has 0 N–H and O–H groups in total. The molecule has 0 bridgehead atoms. The first-order valence-corrected chi connectivity index (χ1v) is 21.0. The molecule has 0 atom stereocenters. The third kappa shape index (κ3) is 6.46. The van der Waals surface area contributed by atoms with Crippen molar-refractivity contribution in [2.45, 2.75) is 6.92 Å². The predicted molar refractivity (Wildman–Crippen MR) is 259 cm³/mol. The maximum atomic E-state index is 2.50. The van der Waals surface area contributed by atoms with E-state index < -0.39 is 0 Å². The van der Waals surface area contributed by atoms with Crippen LogP contribution in [0.5, 0.6) is 0 Å². The van der Waals surface area contributed by atoms with Gasteiger partial charge in [-0.15, -0.1) is 0 Å². The molecule has 11 rings (SSSR count). The Kier molecular flexibility index (Phi) is 9.09. The SMILES string of the molecule is Cc1ccc(-c2cccc(-n3c4ccccc4c4c(N(c5ccc(-c6ccccc6)cc5)c5ccc(-c6ccccc6)cc5)cccc43)c2-c2cccc3ccccc23)cc1. The van der Waals surface area contributed by atoms with Crippen molar-refractivity contribution in [1.29, 1.82) is 0 Å². The lowest BCUT2D eigenvalue weighted by molar-refractivity contribution is 1.18. The molecule has 11 aromatic rings. The number of para-hydroxylation sites is 1. The van der Waals surface area contributed by atoms with Gasteiger partial charge in [-0.1, -0.05) is 194 Å². The zero-order valence-electron chi connectivity index (χ0n) is 33.9. The van der Waals surface area contributed by atoms with Crippen molar-refractivity contribution in [3.05, 3.63) is 242 Å². The molecule has 0 aliphatic carbocycles. The van der Waals surface area contributed by atoms with Gasteiger partial charge in [0, 0.05) is 27.7 Å². The van der Waals surface area contributed by atoms with Crippen LogP contribution in [0.1, 0.15) is 5.56 Å². The van der Waals surface area contributed by atoms with E-state index in [0.29, 0.717) is 0 Å². The van der Waals surface area contributed by atoms with Crippen LogP contribution in [-0.2, 0) is 0 Å². The van der Waals surface area contributed by atoms with Crippen LogP contribution in [0.3, 0.4) is 0 Å². The second-order valence-electron chi connectivity index (χ2n) is 15.8. The van der Waals surface area contributed by atoms with Gasteiger partial charge in [0.1, 0.15) is 0 Å². The van der Waals surface area contributed by atoms with Gasteiger partial charge in [0.2, 0.25) is 0 Å². The summed E-state index contributed by atoms with van der Waals surface area (Å²) in [7, 11) is 0. The molecule has 0 saturated carbocycles. The van der Waals surface area contributed by atoms with Gasteiger partial charge in [-0.3, -0.25) is 0 Å². The lowest BCUT2D eigenvalue weighted by Gasteiger charge is -2.27. The third-order valence-electron chi connectivity index (χ3n) is 12.1. The van der Waals surface area contributed by atoms with Crippen LogP contribution in [0.15, 0.2) is 237 Å². The van der Waals surface area contributed by atoms with Crippen molar-refractivity contribution in [3.63, 3.8) is 0 Å². The minimum atomic E-state index is 1.09. The number of hydrogen-bond donors (Lipinski definition) is 0. The summed E-state index contributed by atoms with van der Waals surface area (Å²) >= 11 is 0. The Morgan fingerprint density at radius 2 is 0.836 bits per heavy atom. The fourth-order valence-electron chi connectivity index (χ4n) is 9.17. The largest absolute Gasteiger partial charge is 0.310 e.